The Kier molecular flexibility index (Phi) is 6.52. The monoisotopic (exact) mass is 450 g/mol. The lowest BCUT2D eigenvalue weighted by Gasteiger charge is -2.32. The normalized spacial score (nSPS) is 17.2. The smallest absolute Gasteiger partial charge is 0.335 e. The molecule has 4 rings (SSSR count). The number of carbonyl (C=O) groups excluding carboxylic acids is 1. The van der Waals surface area contributed by atoms with Gasteiger partial charge in [-0.25, -0.2) is 9.78 Å². The number of aromatic nitrogens is 2. The molecule has 2 atom stereocenters. The van der Waals surface area contributed by atoms with Crippen molar-refractivity contribution in [2.45, 2.75) is 25.0 Å². The summed E-state index contributed by atoms with van der Waals surface area (Å²) in [6.07, 6.45) is 1.60. The Morgan fingerprint density at radius 2 is 2.09 bits per heavy atom. The Balaban J connectivity index is 1.58. The van der Waals surface area contributed by atoms with Crippen LogP contribution in [0, 0.1) is 0 Å². The minimum Gasteiger partial charge on any atom is -0.478 e. The summed E-state index contributed by atoms with van der Waals surface area (Å²) in [5.41, 5.74) is 2.50. The van der Waals surface area contributed by atoms with E-state index in [2.05, 4.69) is 14.9 Å². The van der Waals surface area contributed by atoms with Crippen molar-refractivity contribution < 1.29 is 19.8 Å². The third-order valence-corrected chi connectivity index (χ3v) is 6.05. The fraction of sp³-hybridized carbons (Fsp3) is 0.333. The van der Waals surface area contributed by atoms with E-state index in [-0.39, 0.29) is 29.5 Å². The van der Waals surface area contributed by atoms with Crippen LogP contribution in [0.1, 0.15) is 33.9 Å². The average molecular weight is 450 g/mol. The fourth-order valence-corrected chi connectivity index (χ4v) is 4.23. The number of nitrogens with one attached hydrogen (secondary N) is 1. The Labute approximate surface area is 190 Å². The predicted molar refractivity (Wildman–Crippen MR) is 122 cm³/mol. The number of aliphatic hydroxyl groups excluding tert-OH is 1. The molecule has 1 fully saturated rings. The molecule has 0 radical (unpaired) electrons. The van der Waals surface area contributed by atoms with Crippen LogP contribution in [0.3, 0.4) is 0 Å². The highest BCUT2D eigenvalue weighted by Gasteiger charge is 2.28. The van der Waals surface area contributed by atoms with E-state index in [1.807, 2.05) is 6.07 Å². The van der Waals surface area contributed by atoms with E-state index in [0.717, 1.165) is 11.1 Å². The average Bonchev–Trinajstić information content (AvgIpc) is 3.21. The summed E-state index contributed by atoms with van der Waals surface area (Å²) < 4.78 is 0. The summed E-state index contributed by atoms with van der Waals surface area (Å²) in [5.74, 6) is -1.17. The van der Waals surface area contributed by atoms with E-state index in [4.69, 9.17) is 0 Å². The van der Waals surface area contributed by atoms with Crippen molar-refractivity contribution in [1.29, 1.82) is 0 Å². The lowest BCUT2D eigenvalue weighted by Crippen LogP contribution is -2.39. The first kappa shape index (κ1) is 22.6. The number of aromatic amines is 1. The molecular formula is C24H26N4O5. The minimum atomic E-state index is -1.03. The molecule has 33 heavy (non-hydrogen) atoms. The summed E-state index contributed by atoms with van der Waals surface area (Å²) in [4.78, 5) is 46.8. The first-order valence-corrected chi connectivity index (χ1v) is 10.8. The molecule has 9 heteroatoms. The molecule has 2 heterocycles. The van der Waals surface area contributed by atoms with Gasteiger partial charge in [0.1, 0.15) is 0 Å². The molecule has 9 nitrogen and oxygen atoms in total. The second kappa shape index (κ2) is 9.51. The van der Waals surface area contributed by atoms with Gasteiger partial charge in [-0.05, 0) is 41.8 Å². The van der Waals surface area contributed by atoms with Gasteiger partial charge in [0, 0.05) is 26.7 Å². The summed E-state index contributed by atoms with van der Waals surface area (Å²) in [5, 5.41) is 19.3. The van der Waals surface area contributed by atoms with Gasteiger partial charge in [0.05, 0.1) is 41.4 Å². The lowest BCUT2D eigenvalue weighted by atomic mass is 10.0. The number of likely N-dealkylation sites (tertiary alicyclic amines) is 1. The number of aromatic carboxylic acids is 1. The van der Waals surface area contributed by atoms with E-state index in [1.54, 1.807) is 42.3 Å². The molecule has 0 unspecified atom stereocenters. The molecule has 3 aromatic rings. The van der Waals surface area contributed by atoms with Gasteiger partial charge in [0.25, 0.3) is 5.56 Å². The number of nitrogens with zero attached hydrogens (tertiary/aromatic N) is 3. The van der Waals surface area contributed by atoms with Crippen molar-refractivity contribution in [3.05, 3.63) is 75.7 Å². The van der Waals surface area contributed by atoms with E-state index in [1.165, 1.54) is 12.3 Å². The van der Waals surface area contributed by atoms with Crippen LogP contribution < -0.4 is 5.56 Å². The Morgan fingerprint density at radius 3 is 2.82 bits per heavy atom. The number of amides is 1. The van der Waals surface area contributed by atoms with E-state index in [0.29, 0.717) is 37.1 Å². The number of H-pyrrole nitrogens is 1. The van der Waals surface area contributed by atoms with Crippen LogP contribution >= 0.6 is 0 Å². The quantitative estimate of drug-likeness (QED) is 0.497. The van der Waals surface area contributed by atoms with Gasteiger partial charge >= 0.3 is 5.97 Å². The topological polar surface area (TPSA) is 127 Å². The van der Waals surface area contributed by atoms with Crippen LogP contribution in [0.15, 0.2) is 53.5 Å². The molecule has 2 aromatic carbocycles. The molecule has 3 N–H and O–H groups in total. The number of rotatable bonds is 7. The summed E-state index contributed by atoms with van der Waals surface area (Å²) in [6.45, 7) is 1.71. The van der Waals surface area contributed by atoms with Crippen molar-refractivity contribution in [2.24, 2.45) is 0 Å². The van der Waals surface area contributed by atoms with Gasteiger partial charge in [0.15, 0.2) is 0 Å². The number of likely N-dealkylation sites (N-methyl/N-ethyl adjacent to an activating group) is 1. The van der Waals surface area contributed by atoms with E-state index < -0.39 is 12.1 Å². The number of β-amino-alcohol motifs (C(OH)–C–C–N with tert-alkyl or cyclic N) is 1. The van der Waals surface area contributed by atoms with Gasteiger partial charge in [-0.15, -0.1) is 0 Å². The number of aliphatic hydroxyl groups is 1. The molecule has 1 aliphatic heterocycles. The molecule has 0 spiro atoms. The van der Waals surface area contributed by atoms with Gasteiger partial charge in [-0.3, -0.25) is 14.5 Å². The van der Waals surface area contributed by atoms with Crippen molar-refractivity contribution in [2.75, 3.05) is 26.7 Å². The molecule has 0 bridgehead atoms. The highest BCUT2D eigenvalue weighted by molar-refractivity contribution is 5.88. The highest BCUT2D eigenvalue weighted by Crippen LogP contribution is 2.25. The third-order valence-electron chi connectivity index (χ3n) is 6.05. The van der Waals surface area contributed by atoms with Gasteiger partial charge < -0.3 is 20.1 Å². The predicted octanol–water partition coefficient (Wildman–Crippen LogP) is 1.43. The fourth-order valence-electron chi connectivity index (χ4n) is 4.23. The second-order valence-corrected chi connectivity index (χ2v) is 8.43. The molecule has 1 amide bonds. The minimum absolute atomic E-state index is 0.112. The van der Waals surface area contributed by atoms with Gasteiger partial charge in [-0.1, -0.05) is 18.2 Å². The maximum Gasteiger partial charge on any atom is 0.335 e. The lowest BCUT2D eigenvalue weighted by molar-refractivity contribution is -0.131. The van der Waals surface area contributed by atoms with Crippen LogP contribution in [0.25, 0.3) is 11.0 Å². The second-order valence-electron chi connectivity index (χ2n) is 8.43. The number of fused-ring (bicyclic) bond motifs is 1. The van der Waals surface area contributed by atoms with E-state index in [9.17, 15) is 24.6 Å². The van der Waals surface area contributed by atoms with Crippen LogP contribution in [0.2, 0.25) is 0 Å². The summed E-state index contributed by atoms with van der Waals surface area (Å²) >= 11 is 0. The van der Waals surface area contributed by atoms with Crippen LogP contribution in [0.5, 0.6) is 0 Å². The van der Waals surface area contributed by atoms with Crippen molar-refractivity contribution in [3.8, 4) is 0 Å². The zero-order valence-electron chi connectivity index (χ0n) is 18.3. The maximum atomic E-state index is 13.2. The number of hydrogen-bond acceptors (Lipinski definition) is 6. The SMILES string of the molecule is CN(C(=O)Cc1ccc2ncc(=O)[nH]c2c1)[C@H](CN1CC[C@@H](O)C1)c1cccc(C(=O)O)c1. The van der Waals surface area contributed by atoms with E-state index >= 15 is 0 Å². The number of carboxylic acids is 1. The number of benzene rings is 2. The van der Waals surface area contributed by atoms with Crippen molar-refractivity contribution in [1.82, 2.24) is 19.8 Å². The van der Waals surface area contributed by atoms with Crippen molar-refractivity contribution >= 4 is 22.9 Å². The molecule has 1 saturated heterocycles. The molecule has 1 aliphatic rings. The number of hydrogen-bond donors (Lipinski definition) is 3. The molecular weight excluding hydrogens is 424 g/mol. The summed E-state index contributed by atoms with van der Waals surface area (Å²) in [7, 11) is 1.71. The molecule has 0 aliphatic carbocycles. The first-order chi connectivity index (χ1) is 15.8. The standard InChI is InChI=1S/C24H26N4O5/c1-27(23(31)10-15-5-6-19-20(9-15)26-22(30)12-25-19)21(14-28-8-7-18(29)13-28)16-3-2-4-17(11-16)24(32)33/h2-6,9,11-12,18,21,29H,7-8,10,13-14H2,1H3,(H,26,30)(H,32,33)/t18-,21-/m1/s1. The van der Waals surface area contributed by atoms with Crippen LogP contribution in [-0.4, -0.2) is 74.6 Å². The highest BCUT2D eigenvalue weighted by atomic mass is 16.4. The Hall–Kier alpha value is -3.56. The maximum absolute atomic E-state index is 13.2. The Bertz CT molecular complexity index is 1240. The van der Waals surface area contributed by atoms with Gasteiger partial charge in [-0.2, -0.15) is 0 Å². The zero-order chi connectivity index (χ0) is 23.5. The number of carboxylic acid groups (broad SMARTS) is 1. The Morgan fingerprint density at radius 1 is 1.27 bits per heavy atom. The first-order valence-electron chi connectivity index (χ1n) is 10.8. The molecule has 172 valence electrons. The largest absolute Gasteiger partial charge is 0.478 e. The van der Waals surface area contributed by atoms with Crippen LogP contribution in [-0.2, 0) is 11.2 Å². The zero-order valence-corrected chi connectivity index (χ0v) is 18.3. The van der Waals surface area contributed by atoms with Gasteiger partial charge in [0.2, 0.25) is 5.91 Å². The summed E-state index contributed by atoms with van der Waals surface area (Å²) in [6, 6.07) is 11.5. The molecule has 1 aromatic heterocycles. The third kappa shape index (κ3) is 5.27. The number of carbonyl (C=O) groups is 2. The molecule has 0 saturated carbocycles. The van der Waals surface area contributed by atoms with Crippen molar-refractivity contribution in [3.63, 3.8) is 0 Å². The van der Waals surface area contributed by atoms with Crippen LogP contribution in [0.4, 0.5) is 0 Å².